The van der Waals surface area contributed by atoms with Gasteiger partial charge in [0.25, 0.3) is 0 Å². The van der Waals surface area contributed by atoms with Crippen LogP contribution in [-0.4, -0.2) is 24.4 Å². The summed E-state index contributed by atoms with van der Waals surface area (Å²) < 4.78 is 11.9. The average molecular weight is 231 g/mol. The molecule has 0 aromatic carbocycles. The van der Waals surface area contributed by atoms with Crippen molar-refractivity contribution in [2.24, 2.45) is 11.8 Å². The molecular weight excluding hydrogens is 212 g/mol. The summed E-state index contributed by atoms with van der Waals surface area (Å²) in [5.74, 6) is 2.15. The van der Waals surface area contributed by atoms with Crippen LogP contribution in [0.15, 0.2) is 0 Å². The Morgan fingerprint density at radius 1 is 1.20 bits per heavy atom. The summed E-state index contributed by atoms with van der Waals surface area (Å²) in [6, 6.07) is 0. The summed E-state index contributed by atoms with van der Waals surface area (Å²) in [5, 5.41) is 0. The van der Waals surface area contributed by atoms with E-state index in [0.29, 0.717) is 12.5 Å². The second-order valence-corrected chi connectivity index (χ2v) is 5.62. The lowest BCUT2D eigenvalue weighted by atomic mass is 9.82. The normalized spacial score (nSPS) is 46.2. The Morgan fingerprint density at radius 3 is 2.73 bits per heavy atom. The van der Waals surface area contributed by atoms with Crippen molar-refractivity contribution in [1.82, 2.24) is 0 Å². The molecule has 3 heteroatoms. The first-order chi connectivity index (χ1) is 7.31. The smallest absolute Gasteiger partial charge is 0.169 e. The molecule has 0 radical (unpaired) electrons. The van der Waals surface area contributed by atoms with E-state index in [4.69, 9.17) is 21.1 Å². The third-order valence-electron chi connectivity index (χ3n) is 4.08. The Labute approximate surface area is 96.3 Å². The van der Waals surface area contributed by atoms with Crippen LogP contribution in [0.25, 0.3) is 0 Å². The van der Waals surface area contributed by atoms with Crippen molar-refractivity contribution in [2.75, 3.05) is 12.5 Å². The van der Waals surface area contributed by atoms with Gasteiger partial charge >= 0.3 is 0 Å². The fraction of sp³-hybridized carbons (Fsp3) is 1.00. The summed E-state index contributed by atoms with van der Waals surface area (Å²) >= 11 is 5.82. The molecule has 1 heterocycles. The lowest BCUT2D eigenvalue weighted by Gasteiger charge is -2.36. The minimum atomic E-state index is -0.245. The van der Waals surface area contributed by atoms with E-state index in [2.05, 4.69) is 0 Å². The first-order valence-corrected chi connectivity index (χ1v) is 6.72. The lowest BCUT2D eigenvalue weighted by Crippen LogP contribution is -2.37. The second-order valence-electron chi connectivity index (χ2n) is 5.31. The summed E-state index contributed by atoms with van der Waals surface area (Å²) in [5.41, 5.74) is 0. The van der Waals surface area contributed by atoms with E-state index in [1.165, 1.54) is 25.7 Å². The molecule has 0 bridgehead atoms. The van der Waals surface area contributed by atoms with Crippen LogP contribution in [0.4, 0.5) is 0 Å². The maximum atomic E-state index is 5.99. The van der Waals surface area contributed by atoms with Gasteiger partial charge in [0, 0.05) is 12.8 Å². The Morgan fingerprint density at radius 2 is 2.07 bits per heavy atom. The van der Waals surface area contributed by atoms with E-state index in [1.807, 2.05) is 0 Å². The third-order valence-corrected chi connectivity index (χ3v) is 4.42. The molecule has 2 aliphatic carbocycles. The van der Waals surface area contributed by atoms with Crippen LogP contribution in [0.5, 0.6) is 0 Å². The van der Waals surface area contributed by atoms with E-state index in [0.717, 1.165) is 24.7 Å². The molecule has 0 amide bonds. The van der Waals surface area contributed by atoms with Crippen LogP contribution in [0.3, 0.4) is 0 Å². The largest absolute Gasteiger partial charge is 0.347 e. The maximum absolute atomic E-state index is 5.99. The van der Waals surface area contributed by atoms with E-state index >= 15 is 0 Å². The summed E-state index contributed by atoms with van der Waals surface area (Å²) in [6.07, 6.45) is 7.82. The van der Waals surface area contributed by atoms with Crippen LogP contribution in [-0.2, 0) is 9.47 Å². The fourth-order valence-corrected chi connectivity index (χ4v) is 3.29. The quantitative estimate of drug-likeness (QED) is 0.680. The minimum Gasteiger partial charge on any atom is -0.347 e. The molecule has 0 N–H and O–H groups in total. The van der Waals surface area contributed by atoms with Gasteiger partial charge in [-0.25, -0.2) is 0 Å². The number of hydrogen-bond donors (Lipinski definition) is 0. The second kappa shape index (κ2) is 3.90. The highest BCUT2D eigenvalue weighted by molar-refractivity contribution is 6.18. The monoisotopic (exact) mass is 230 g/mol. The standard InChI is InChI=1S/C12H19ClO2/c13-7-11-8-14-12(15-11)5-1-2-10(6-12)9-3-4-9/h9-11H,1-8H2. The van der Waals surface area contributed by atoms with E-state index in [9.17, 15) is 0 Å². The van der Waals surface area contributed by atoms with Crippen molar-refractivity contribution >= 4 is 11.6 Å². The average Bonchev–Trinajstić information content (AvgIpc) is 3.04. The molecule has 1 spiro atoms. The van der Waals surface area contributed by atoms with Gasteiger partial charge in [0.1, 0.15) is 0 Å². The van der Waals surface area contributed by atoms with E-state index < -0.39 is 0 Å². The van der Waals surface area contributed by atoms with Gasteiger partial charge in [0.05, 0.1) is 18.6 Å². The summed E-state index contributed by atoms with van der Waals surface area (Å²) in [4.78, 5) is 0. The molecule has 86 valence electrons. The van der Waals surface area contributed by atoms with Gasteiger partial charge in [0.2, 0.25) is 0 Å². The predicted molar refractivity (Wildman–Crippen MR) is 59.0 cm³/mol. The number of alkyl halides is 1. The van der Waals surface area contributed by atoms with Gasteiger partial charge in [-0.2, -0.15) is 0 Å². The van der Waals surface area contributed by atoms with Crippen molar-refractivity contribution in [3.63, 3.8) is 0 Å². The first kappa shape index (κ1) is 10.4. The maximum Gasteiger partial charge on any atom is 0.169 e. The van der Waals surface area contributed by atoms with Crippen LogP contribution in [0, 0.1) is 11.8 Å². The van der Waals surface area contributed by atoms with Crippen LogP contribution in [0.2, 0.25) is 0 Å². The molecule has 0 aromatic heterocycles. The van der Waals surface area contributed by atoms with Gasteiger partial charge in [-0.1, -0.05) is 0 Å². The zero-order valence-electron chi connectivity index (χ0n) is 9.08. The lowest BCUT2D eigenvalue weighted by molar-refractivity contribution is -0.196. The number of halogens is 1. The summed E-state index contributed by atoms with van der Waals surface area (Å²) in [6.45, 7) is 0.695. The minimum absolute atomic E-state index is 0.129. The Hall–Kier alpha value is 0.210. The predicted octanol–water partition coefficient (Wildman–Crippen LogP) is 2.94. The molecule has 1 aliphatic heterocycles. The Kier molecular flexibility index (Phi) is 2.70. The van der Waals surface area contributed by atoms with Gasteiger partial charge in [0.15, 0.2) is 5.79 Å². The highest BCUT2D eigenvalue weighted by Gasteiger charge is 2.47. The van der Waals surface area contributed by atoms with Crippen LogP contribution < -0.4 is 0 Å². The van der Waals surface area contributed by atoms with Crippen molar-refractivity contribution in [3.8, 4) is 0 Å². The fourth-order valence-electron chi connectivity index (χ4n) is 3.14. The van der Waals surface area contributed by atoms with Crippen molar-refractivity contribution < 1.29 is 9.47 Å². The molecule has 1 saturated heterocycles. The first-order valence-electron chi connectivity index (χ1n) is 6.19. The molecule has 3 rings (SSSR count). The molecule has 2 saturated carbocycles. The Balaban J connectivity index is 1.64. The van der Waals surface area contributed by atoms with Gasteiger partial charge in [-0.05, 0) is 37.5 Å². The van der Waals surface area contributed by atoms with Crippen LogP contribution >= 0.6 is 11.6 Å². The molecule has 3 atom stereocenters. The topological polar surface area (TPSA) is 18.5 Å². The highest BCUT2D eigenvalue weighted by Crippen LogP contribution is 2.49. The zero-order chi connectivity index (χ0) is 10.3. The molecule has 3 fully saturated rings. The molecular formula is C12H19ClO2. The zero-order valence-corrected chi connectivity index (χ0v) is 9.84. The van der Waals surface area contributed by atoms with Crippen molar-refractivity contribution in [3.05, 3.63) is 0 Å². The molecule has 2 nitrogen and oxygen atoms in total. The SMILES string of the molecule is ClCC1COC2(CCCC(C3CC3)C2)O1. The molecule has 3 aliphatic rings. The number of rotatable bonds is 2. The van der Waals surface area contributed by atoms with Crippen LogP contribution in [0.1, 0.15) is 38.5 Å². The van der Waals surface area contributed by atoms with Gasteiger partial charge in [-0.3, -0.25) is 0 Å². The molecule has 15 heavy (non-hydrogen) atoms. The van der Waals surface area contributed by atoms with Gasteiger partial charge in [-0.15, -0.1) is 11.6 Å². The van der Waals surface area contributed by atoms with Gasteiger partial charge < -0.3 is 9.47 Å². The number of ether oxygens (including phenoxy) is 2. The third kappa shape index (κ3) is 2.04. The highest BCUT2D eigenvalue weighted by atomic mass is 35.5. The van der Waals surface area contributed by atoms with Crippen molar-refractivity contribution in [2.45, 2.75) is 50.4 Å². The number of hydrogen-bond acceptors (Lipinski definition) is 2. The van der Waals surface area contributed by atoms with E-state index in [-0.39, 0.29) is 11.9 Å². The Bertz CT molecular complexity index is 242. The summed E-state index contributed by atoms with van der Waals surface area (Å²) in [7, 11) is 0. The van der Waals surface area contributed by atoms with E-state index in [1.54, 1.807) is 0 Å². The molecule has 0 aromatic rings. The molecule has 3 unspecified atom stereocenters. The van der Waals surface area contributed by atoms with Crippen molar-refractivity contribution in [1.29, 1.82) is 0 Å².